The lowest BCUT2D eigenvalue weighted by molar-refractivity contribution is -0.302. The zero-order chi connectivity index (χ0) is 48.8. The largest absolute Gasteiger partial charge is 0.466 e. The Kier molecular flexibility index (Phi) is 43.0. The molecule has 7 atom stereocenters. The van der Waals surface area contributed by atoms with Gasteiger partial charge in [-0.2, -0.15) is 0 Å². The highest BCUT2D eigenvalue weighted by molar-refractivity contribution is 5.76. The molecule has 1 aliphatic heterocycles. The molecule has 390 valence electrons. The number of aliphatic hydroxyl groups excluding tert-OH is 5. The molecule has 0 aromatic heterocycles. The summed E-state index contributed by atoms with van der Waals surface area (Å²) in [6.07, 6.45) is 46.3. The first-order valence-electron chi connectivity index (χ1n) is 27.4. The maximum Gasteiger partial charge on any atom is 0.305 e. The molecule has 11 nitrogen and oxygen atoms in total. The summed E-state index contributed by atoms with van der Waals surface area (Å²) >= 11 is 0. The van der Waals surface area contributed by atoms with Crippen LogP contribution in [0.5, 0.6) is 0 Å². The summed E-state index contributed by atoms with van der Waals surface area (Å²) in [4.78, 5) is 25.0. The fourth-order valence-corrected chi connectivity index (χ4v) is 8.23. The topological polar surface area (TPSA) is 175 Å². The van der Waals surface area contributed by atoms with Gasteiger partial charge in [-0.05, 0) is 77.0 Å². The highest BCUT2D eigenvalue weighted by Crippen LogP contribution is 2.23. The molecule has 1 amide bonds. The molecule has 0 spiro atoms. The van der Waals surface area contributed by atoms with Crippen LogP contribution in [0.2, 0.25) is 0 Å². The van der Waals surface area contributed by atoms with E-state index in [0.717, 1.165) is 96.3 Å². The summed E-state index contributed by atoms with van der Waals surface area (Å²) in [6.45, 7) is 4.20. The van der Waals surface area contributed by atoms with Gasteiger partial charge in [0.1, 0.15) is 24.4 Å². The fourth-order valence-electron chi connectivity index (χ4n) is 8.23. The Morgan fingerprint density at radius 3 is 1.54 bits per heavy atom. The van der Waals surface area contributed by atoms with Crippen molar-refractivity contribution in [3.63, 3.8) is 0 Å². The first kappa shape index (κ1) is 62.6. The highest BCUT2D eigenvalue weighted by Gasteiger charge is 2.44. The SMILES string of the molecule is CCC/C=C/CC/C=C/CC/C=C/C(O)C(COC1OC(CO)C(O)C(O)C1O)NC(=O)CCCCCCCCC/C=C\CCCCCCCCOC(=O)CCCCCCCCCCCCC. The quantitative estimate of drug-likeness (QED) is 0.0196. The van der Waals surface area contributed by atoms with Gasteiger partial charge in [-0.3, -0.25) is 9.59 Å². The van der Waals surface area contributed by atoms with Crippen molar-refractivity contribution in [3.8, 4) is 0 Å². The van der Waals surface area contributed by atoms with Gasteiger partial charge in [-0.1, -0.05) is 191 Å². The molecule has 1 fully saturated rings. The maximum atomic E-state index is 13.0. The molecule has 11 heteroatoms. The molecule has 0 bridgehead atoms. The highest BCUT2D eigenvalue weighted by atomic mass is 16.7. The number of amides is 1. The van der Waals surface area contributed by atoms with Crippen LogP contribution in [0.4, 0.5) is 0 Å². The van der Waals surface area contributed by atoms with Crippen molar-refractivity contribution in [3.05, 3.63) is 48.6 Å². The van der Waals surface area contributed by atoms with E-state index in [-0.39, 0.29) is 18.5 Å². The number of carbonyl (C=O) groups is 2. The van der Waals surface area contributed by atoms with Crippen molar-refractivity contribution < 1.29 is 49.3 Å². The molecule has 67 heavy (non-hydrogen) atoms. The molecule has 0 aromatic rings. The van der Waals surface area contributed by atoms with E-state index in [2.05, 4.69) is 55.6 Å². The fraction of sp³-hybridized carbons (Fsp3) is 0.821. The van der Waals surface area contributed by atoms with E-state index in [1.54, 1.807) is 6.08 Å². The summed E-state index contributed by atoms with van der Waals surface area (Å²) < 4.78 is 16.6. The number of carbonyl (C=O) groups excluding carboxylic acids is 2. The van der Waals surface area contributed by atoms with Crippen molar-refractivity contribution in [2.75, 3.05) is 19.8 Å². The van der Waals surface area contributed by atoms with Crippen LogP contribution in [0.15, 0.2) is 48.6 Å². The second kappa shape index (κ2) is 46.0. The maximum absolute atomic E-state index is 13.0. The minimum atomic E-state index is -1.58. The van der Waals surface area contributed by atoms with E-state index in [1.165, 1.54) is 103 Å². The van der Waals surface area contributed by atoms with Gasteiger partial charge in [-0.15, -0.1) is 0 Å². The lowest BCUT2D eigenvalue weighted by Crippen LogP contribution is -2.60. The van der Waals surface area contributed by atoms with Crippen molar-refractivity contribution in [1.29, 1.82) is 0 Å². The smallest absolute Gasteiger partial charge is 0.305 e. The van der Waals surface area contributed by atoms with Gasteiger partial charge in [-0.25, -0.2) is 0 Å². The third-order valence-electron chi connectivity index (χ3n) is 12.6. The van der Waals surface area contributed by atoms with E-state index >= 15 is 0 Å². The average molecular weight is 948 g/mol. The summed E-state index contributed by atoms with van der Waals surface area (Å²) in [5, 5.41) is 54.2. The molecule has 6 N–H and O–H groups in total. The second-order valence-corrected chi connectivity index (χ2v) is 18.9. The Balaban J connectivity index is 2.14. The van der Waals surface area contributed by atoms with Gasteiger partial charge in [0.2, 0.25) is 5.91 Å². The third-order valence-corrected chi connectivity index (χ3v) is 12.6. The van der Waals surface area contributed by atoms with E-state index < -0.39 is 49.5 Å². The van der Waals surface area contributed by atoms with E-state index in [4.69, 9.17) is 14.2 Å². The molecule has 1 heterocycles. The monoisotopic (exact) mass is 948 g/mol. The van der Waals surface area contributed by atoms with Gasteiger partial charge in [0.15, 0.2) is 6.29 Å². The van der Waals surface area contributed by atoms with Crippen LogP contribution in [-0.4, -0.2) is 100 Å². The molecular weight excluding hydrogens is 847 g/mol. The van der Waals surface area contributed by atoms with Crippen LogP contribution in [-0.2, 0) is 23.8 Å². The number of nitrogens with one attached hydrogen (secondary N) is 1. The predicted molar refractivity (Wildman–Crippen MR) is 274 cm³/mol. The van der Waals surface area contributed by atoms with Gasteiger partial charge < -0.3 is 45.1 Å². The Hall–Kier alpha value is -2.38. The number of rotatable bonds is 46. The number of unbranched alkanes of at least 4 members (excludes halogenated alkanes) is 26. The van der Waals surface area contributed by atoms with Crippen LogP contribution < -0.4 is 5.32 Å². The van der Waals surface area contributed by atoms with Gasteiger partial charge in [0, 0.05) is 12.8 Å². The molecule has 1 rings (SSSR count). The molecule has 1 aliphatic rings. The Labute approximate surface area is 408 Å². The number of hydrogen-bond acceptors (Lipinski definition) is 10. The Bertz CT molecular complexity index is 1250. The lowest BCUT2D eigenvalue weighted by Gasteiger charge is -2.40. The van der Waals surface area contributed by atoms with E-state index in [1.807, 2.05) is 6.08 Å². The first-order valence-corrected chi connectivity index (χ1v) is 27.4. The summed E-state index contributed by atoms with van der Waals surface area (Å²) in [5.74, 6) is -0.232. The predicted octanol–water partition coefficient (Wildman–Crippen LogP) is 11.7. The molecule has 0 aliphatic carbocycles. The van der Waals surface area contributed by atoms with Crippen molar-refractivity contribution in [2.45, 2.75) is 275 Å². The lowest BCUT2D eigenvalue weighted by atomic mass is 9.99. The molecule has 0 saturated carbocycles. The van der Waals surface area contributed by atoms with Gasteiger partial charge in [0.05, 0.1) is 32.0 Å². The standard InChI is InChI=1S/C56H101NO10/c1-3-5-7-9-11-13-22-26-30-34-38-42-49(59)48(47-66-56-55(64)54(63)53(62)50(46-58)67-56)57-51(60)43-39-35-31-27-24-20-18-16-15-17-19-21-25-29-33-37-41-45-65-52(61)44-40-36-32-28-23-14-12-10-8-6-4-2/h7,9,15,17,22,26,38,42,48-50,53-56,58-59,62-64H,3-6,8,10-14,16,18-21,23-25,27-37,39-41,43-47H2,1-2H3,(H,57,60)/b9-7+,17-15-,26-22+,42-38+. The van der Waals surface area contributed by atoms with Crippen molar-refractivity contribution >= 4 is 11.9 Å². The van der Waals surface area contributed by atoms with Crippen LogP contribution in [0.1, 0.15) is 232 Å². The molecule has 0 radical (unpaired) electrons. The van der Waals surface area contributed by atoms with Crippen LogP contribution in [0.3, 0.4) is 0 Å². The van der Waals surface area contributed by atoms with Crippen LogP contribution >= 0.6 is 0 Å². The summed E-state index contributed by atoms with van der Waals surface area (Å²) in [6, 6.07) is -0.843. The molecular formula is C56H101NO10. The Morgan fingerprint density at radius 1 is 0.537 bits per heavy atom. The van der Waals surface area contributed by atoms with E-state index in [9.17, 15) is 35.1 Å². The molecule has 7 unspecified atom stereocenters. The first-order chi connectivity index (χ1) is 32.7. The zero-order valence-electron chi connectivity index (χ0n) is 42.6. The number of esters is 1. The van der Waals surface area contributed by atoms with Crippen LogP contribution in [0.25, 0.3) is 0 Å². The van der Waals surface area contributed by atoms with E-state index in [0.29, 0.717) is 25.9 Å². The third kappa shape index (κ3) is 36.3. The number of ether oxygens (including phenoxy) is 3. The second-order valence-electron chi connectivity index (χ2n) is 18.9. The Morgan fingerprint density at radius 2 is 1.00 bits per heavy atom. The van der Waals surface area contributed by atoms with Crippen LogP contribution in [0, 0.1) is 0 Å². The average Bonchev–Trinajstić information content (AvgIpc) is 3.32. The van der Waals surface area contributed by atoms with Gasteiger partial charge >= 0.3 is 5.97 Å². The van der Waals surface area contributed by atoms with Crippen molar-refractivity contribution in [2.24, 2.45) is 0 Å². The van der Waals surface area contributed by atoms with Gasteiger partial charge in [0.25, 0.3) is 0 Å². The number of allylic oxidation sites excluding steroid dienone is 7. The zero-order valence-corrected chi connectivity index (χ0v) is 42.6. The minimum Gasteiger partial charge on any atom is -0.466 e. The summed E-state index contributed by atoms with van der Waals surface area (Å²) in [7, 11) is 0. The molecule has 1 saturated heterocycles. The molecule has 0 aromatic carbocycles. The summed E-state index contributed by atoms with van der Waals surface area (Å²) in [5.41, 5.74) is 0. The van der Waals surface area contributed by atoms with Crippen molar-refractivity contribution in [1.82, 2.24) is 5.32 Å². The minimum absolute atomic E-state index is 0.0211. The number of hydrogen-bond donors (Lipinski definition) is 6. The normalized spacial score (nSPS) is 19.9. The number of aliphatic hydroxyl groups is 5.